The molecule has 2 rings (SSSR count). The molecule has 0 unspecified atom stereocenters. The van der Waals surface area contributed by atoms with Gasteiger partial charge in [-0.1, -0.05) is 11.6 Å². The molecule has 0 radical (unpaired) electrons. The van der Waals surface area contributed by atoms with Crippen molar-refractivity contribution in [3.63, 3.8) is 0 Å². The second kappa shape index (κ2) is 6.74. The number of nitrogens with zero attached hydrogens (tertiary/aromatic N) is 2. The van der Waals surface area contributed by atoms with Crippen molar-refractivity contribution >= 4 is 33.0 Å². The number of halogens is 1. The molecule has 114 valence electrons. The van der Waals surface area contributed by atoms with E-state index in [4.69, 9.17) is 16.3 Å². The molecule has 0 saturated carbocycles. The average molecular weight is 347 g/mol. The van der Waals surface area contributed by atoms with E-state index < -0.39 is 10.0 Å². The molecule has 0 aliphatic carbocycles. The smallest absolute Gasteiger partial charge is 0.246 e. The van der Waals surface area contributed by atoms with Gasteiger partial charge in [0.15, 0.2) is 0 Å². The van der Waals surface area contributed by atoms with Gasteiger partial charge in [-0.2, -0.15) is 0 Å². The highest BCUT2D eigenvalue weighted by Crippen LogP contribution is 2.29. The maximum atomic E-state index is 12.6. The molecule has 0 bridgehead atoms. The number of thiazole rings is 1. The Balaban J connectivity index is 2.22. The molecule has 0 aliphatic rings. The van der Waals surface area contributed by atoms with Crippen molar-refractivity contribution in [3.8, 4) is 5.75 Å². The van der Waals surface area contributed by atoms with Crippen molar-refractivity contribution in [1.82, 2.24) is 9.29 Å². The lowest BCUT2D eigenvalue weighted by atomic mass is 10.3. The Morgan fingerprint density at radius 1 is 1.43 bits per heavy atom. The quantitative estimate of drug-likeness (QED) is 0.806. The fraction of sp³-hybridized carbons (Fsp3) is 0.308. The maximum Gasteiger partial charge on any atom is 0.246 e. The van der Waals surface area contributed by atoms with Gasteiger partial charge in [-0.15, -0.1) is 11.3 Å². The van der Waals surface area contributed by atoms with Crippen LogP contribution in [-0.4, -0.2) is 38.4 Å². The zero-order valence-corrected chi connectivity index (χ0v) is 14.0. The van der Waals surface area contributed by atoms with Crippen molar-refractivity contribution in [2.45, 2.75) is 11.3 Å². The summed E-state index contributed by atoms with van der Waals surface area (Å²) in [5.41, 5.74) is 0. The Hall–Kier alpha value is -1.15. The summed E-state index contributed by atoms with van der Waals surface area (Å²) in [6.07, 6.45) is 2.27. The Morgan fingerprint density at radius 2 is 2.19 bits per heavy atom. The van der Waals surface area contributed by atoms with Crippen LogP contribution in [0.1, 0.15) is 5.01 Å². The van der Waals surface area contributed by atoms with Crippen molar-refractivity contribution in [1.29, 1.82) is 0 Å². The Kier molecular flexibility index (Phi) is 5.21. The van der Waals surface area contributed by atoms with Gasteiger partial charge in [-0.3, -0.25) is 0 Å². The molecular formula is C13H15ClN2O3S2. The van der Waals surface area contributed by atoms with Crippen LogP contribution in [0.5, 0.6) is 5.75 Å². The second-order valence-electron chi connectivity index (χ2n) is 4.30. The second-order valence-corrected chi connectivity index (χ2v) is 7.73. The first-order valence-corrected chi connectivity index (χ1v) is 8.83. The topological polar surface area (TPSA) is 59.5 Å². The fourth-order valence-corrected chi connectivity index (χ4v) is 3.97. The minimum Gasteiger partial charge on any atom is -0.495 e. The highest BCUT2D eigenvalue weighted by Gasteiger charge is 2.25. The molecular weight excluding hydrogens is 332 g/mol. The third-order valence-corrected chi connectivity index (χ3v) is 5.89. The minimum absolute atomic E-state index is 0.0686. The molecule has 0 spiro atoms. The molecule has 0 atom stereocenters. The van der Waals surface area contributed by atoms with Crippen molar-refractivity contribution in [3.05, 3.63) is 39.8 Å². The van der Waals surface area contributed by atoms with Crippen LogP contribution in [0.2, 0.25) is 5.02 Å². The Bertz CT molecular complexity index is 702. The number of ether oxygens (including phenoxy) is 1. The zero-order valence-electron chi connectivity index (χ0n) is 11.6. The number of sulfonamides is 1. The minimum atomic E-state index is -3.66. The molecule has 0 aliphatic heterocycles. The van der Waals surface area contributed by atoms with E-state index in [9.17, 15) is 8.42 Å². The van der Waals surface area contributed by atoms with Gasteiger partial charge >= 0.3 is 0 Å². The number of likely N-dealkylation sites (N-methyl/N-ethyl adjacent to an activating group) is 1. The highest BCUT2D eigenvalue weighted by atomic mass is 35.5. The first-order chi connectivity index (χ1) is 9.95. The first-order valence-electron chi connectivity index (χ1n) is 6.13. The van der Waals surface area contributed by atoms with Gasteiger partial charge in [-0.25, -0.2) is 17.7 Å². The lowest BCUT2D eigenvalue weighted by Gasteiger charge is -2.18. The van der Waals surface area contributed by atoms with Gasteiger partial charge < -0.3 is 4.74 Å². The maximum absolute atomic E-state index is 12.6. The van der Waals surface area contributed by atoms with Gasteiger partial charge in [-0.05, 0) is 18.2 Å². The summed E-state index contributed by atoms with van der Waals surface area (Å²) >= 11 is 7.40. The molecule has 8 heteroatoms. The predicted molar refractivity (Wildman–Crippen MR) is 83.6 cm³/mol. The van der Waals surface area contributed by atoms with Gasteiger partial charge in [0.05, 0.1) is 12.1 Å². The van der Waals surface area contributed by atoms with Crippen molar-refractivity contribution < 1.29 is 13.2 Å². The number of rotatable bonds is 6. The molecule has 1 aromatic carbocycles. The molecule has 21 heavy (non-hydrogen) atoms. The van der Waals surface area contributed by atoms with Crippen LogP contribution >= 0.6 is 22.9 Å². The van der Waals surface area contributed by atoms with E-state index in [0.717, 1.165) is 5.01 Å². The van der Waals surface area contributed by atoms with Gasteiger partial charge in [0, 0.05) is 36.6 Å². The van der Waals surface area contributed by atoms with Crippen molar-refractivity contribution in [2.75, 3.05) is 20.7 Å². The van der Waals surface area contributed by atoms with Crippen molar-refractivity contribution in [2.24, 2.45) is 0 Å². The molecule has 5 nitrogen and oxygen atoms in total. The van der Waals surface area contributed by atoms with E-state index >= 15 is 0 Å². The molecule has 1 aromatic heterocycles. The monoisotopic (exact) mass is 346 g/mol. The molecule has 1 heterocycles. The van der Waals surface area contributed by atoms with Crippen LogP contribution in [0.15, 0.2) is 34.7 Å². The standard InChI is InChI=1S/C13H15ClN2O3S2/c1-16(7-5-13-15-6-8-20-13)21(17,18)12-9-10(14)3-4-11(12)19-2/h3-4,6,8-9H,5,7H2,1-2H3. The summed E-state index contributed by atoms with van der Waals surface area (Å²) in [4.78, 5) is 4.21. The lowest BCUT2D eigenvalue weighted by Crippen LogP contribution is -2.29. The van der Waals surface area contributed by atoms with Crippen LogP contribution in [0.4, 0.5) is 0 Å². The number of methoxy groups -OCH3 is 1. The van der Waals surface area contributed by atoms with E-state index in [1.807, 2.05) is 5.38 Å². The SMILES string of the molecule is COc1ccc(Cl)cc1S(=O)(=O)N(C)CCc1nccs1. The van der Waals surface area contributed by atoms with Crippen LogP contribution in [0, 0.1) is 0 Å². The third kappa shape index (κ3) is 3.74. The number of hydrogen-bond acceptors (Lipinski definition) is 5. The van der Waals surface area contributed by atoms with Crippen LogP contribution in [0.3, 0.4) is 0 Å². The zero-order chi connectivity index (χ0) is 15.5. The van der Waals surface area contributed by atoms with Crippen LogP contribution in [0.25, 0.3) is 0 Å². The van der Waals surface area contributed by atoms with E-state index in [-0.39, 0.29) is 10.6 Å². The van der Waals surface area contributed by atoms with E-state index in [1.54, 1.807) is 18.3 Å². The van der Waals surface area contributed by atoms with Gasteiger partial charge in [0.1, 0.15) is 10.6 Å². The molecule has 0 fully saturated rings. The summed E-state index contributed by atoms with van der Waals surface area (Å²) in [5, 5.41) is 3.11. The normalized spacial score (nSPS) is 11.8. The highest BCUT2D eigenvalue weighted by molar-refractivity contribution is 7.89. The average Bonchev–Trinajstić information content (AvgIpc) is 2.97. The van der Waals surface area contributed by atoms with Crippen LogP contribution in [-0.2, 0) is 16.4 Å². The third-order valence-electron chi connectivity index (χ3n) is 2.94. The first kappa shape index (κ1) is 16.2. The number of hydrogen-bond donors (Lipinski definition) is 0. The molecule has 0 N–H and O–H groups in total. The summed E-state index contributed by atoms with van der Waals surface area (Å²) in [7, 11) is -0.697. The largest absolute Gasteiger partial charge is 0.495 e. The Morgan fingerprint density at radius 3 is 2.81 bits per heavy atom. The van der Waals surface area contributed by atoms with E-state index in [2.05, 4.69) is 4.98 Å². The molecule has 2 aromatic rings. The van der Waals surface area contributed by atoms with Crippen LogP contribution < -0.4 is 4.74 Å². The molecule has 0 saturated heterocycles. The summed E-state index contributed by atoms with van der Waals surface area (Å²) in [6, 6.07) is 4.54. The van der Waals surface area contributed by atoms with Gasteiger partial charge in [0.2, 0.25) is 10.0 Å². The number of benzene rings is 1. The summed E-state index contributed by atoms with van der Waals surface area (Å²) in [6.45, 7) is 0.339. The summed E-state index contributed by atoms with van der Waals surface area (Å²) < 4.78 is 31.6. The van der Waals surface area contributed by atoms with E-state index in [0.29, 0.717) is 18.0 Å². The Labute approximate surface area is 133 Å². The fourth-order valence-electron chi connectivity index (χ4n) is 1.77. The lowest BCUT2D eigenvalue weighted by molar-refractivity contribution is 0.398. The van der Waals surface area contributed by atoms with E-state index in [1.165, 1.54) is 35.9 Å². The van der Waals surface area contributed by atoms with Gasteiger partial charge in [0.25, 0.3) is 0 Å². The summed E-state index contributed by atoms with van der Waals surface area (Å²) in [5.74, 6) is 0.278. The molecule has 0 amide bonds. The predicted octanol–water partition coefficient (Wildman–Crippen LogP) is 2.67. The number of aromatic nitrogens is 1.